The molecule has 0 bridgehead atoms. The molecule has 1 aliphatic heterocycles. The van der Waals surface area contributed by atoms with Crippen LogP contribution < -0.4 is 0 Å². The number of rotatable bonds is 3. The van der Waals surface area contributed by atoms with Gasteiger partial charge < -0.3 is 5.11 Å². The van der Waals surface area contributed by atoms with Gasteiger partial charge in [0.15, 0.2) is 5.82 Å². The number of sulfonamides is 1. The van der Waals surface area contributed by atoms with Crippen LogP contribution in [0.5, 0.6) is 0 Å². The summed E-state index contributed by atoms with van der Waals surface area (Å²) in [5, 5.41) is 8.69. The standard InChI is InChI=1S/C12H13ClFNO4S/c13-9-4-1-5-10(11(9)14)20(18,19)15-6-2-3-8(7-15)12(16)17/h1,4-5,8H,2-3,6-7H2,(H,16,17)/t8-/m0/s1. The molecule has 0 spiro atoms. The van der Waals surface area contributed by atoms with Crippen molar-refractivity contribution < 1.29 is 22.7 Å². The number of aliphatic carboxylic acids is 1. The molecule has 0 aliphatic carbocycles. The highest BCUT2D eigenvalue weighted by atomic mass is 35.5. The first-order valence-electron chi connectivity index (χ1n) is 6.01. The molecule has 1 aromatic carbocycles. The van der Waals surface area contributed by atoms with Gasteiger partial charge in [0.05, 0.1) is 10.9 Å². The maximum Gasteiger partial charge on any atom is 0.307 e. The van der Waals surface area contributed by atoms with Crippen LogP contribution in [0.25, 0.3) is 0 Å². The Morgan fingerprint density at radius 3 is 2.80 bits per heavy atom. The minimum atomic E-state index is -4.07. The molecule has 1 heterocycles. The zero-order valence-electron chi connectivity index (χ0n) is 10.4. The second-order valence-electron chi connectivity index (χ2n) is 4.59. The van der Waals surface area contributed by atoms with Crippen molar-refractivity contribution in [3.8, 4) is 0 Å². The first-order valence-corrected chi connectivity index (χ1v) is 7.83. The van der Waals surface area contributed by atoms with Gasteiger partial charge in [-0.15, -0.1) is 0 Å². The van der Waals surface area contributed by atoms with Crippen LogP contribution >= 0.6 is 11.6 Å². The van der Waals surface area contributed by atoms with Crippen molar-refractivity contribution in [1.29, 1.82) is 0 Å². The van der Waals surface area contributed by atoms with Crippen LogP contribution in [0.15, 0.2) is 23.1 Å². The van der Waals surface area contributed by atoms with Gasteiger partial charge in [0.2, 0.25) is 10.0 Å². The summed E-state index contributed by atoms with van der Waals surface area (Å²) in [7, 11) is -4.07. The minimum Gasteiger partial charge on any atom is -0.481 e. The van der Waals surface area contributed by atoms with Crippen LogP contribution in [-0.4, -0.2) is 36.9 Å². The van der Waals surface area contributed by atoms with Crippen molar-refractivity contribution >= 4 is 27.6 Å². The summed E-state index contributed by atoms with van der Waals surface area (Å²) < 4.78 is 39.6. The highest BCUT2D eigenvalue weighted by Gasteiger charge is 2.34. The maximum atomic E-state index is 13.9. The van der Waals surface area contributed by atoms with Gasteiger partial charge in [-0.1, -0.05) is 17.7 Å². The molecular formula is C12H13ClFNO4S. The minimum absolute atomic E-state index is 0.149. The van der Waals surface area contributed by atoms with E-state index in [1.54, 1.807) is 0 Å². The monoisotopic (exact) mass is 321 g/mol. The van der Waals surface area contributed by atoms with E-state index in [2.05, 4.69) is 0 Å². The first kappa shape index (κ1) is 15.2. The largest absolute Gasteiger partial charge is 0.481 e. The highest BCUT2D eigenvalue weighted by molar-refractivity contribution is 7.89. The van der Waals surface area contributed by atoms with E-state index in [9.17, 15) is 17.6 Å². The van der Waals surface area contributed by atoms with E-state index in [1.807, 2.05) is 0 Å². The van der Waals surface area contributed by atoms with Gasteiger partial charge in [0.25, 0.3) is 0 Å². The lowest BCUT2D eigenvalue weighted by molar-refractivity contribution is -0.142. The number of hydrogen-bond donors (Lipinski definition) is 1. The van der Waals surface area contributed by atoms with Crippen LogP contribution in [0.3, 0.4) is 0 Å². The Morgan fingerprint density at radius 1 is 1.45 bits per heavy atom. The van der Waals surface area contributed by atoms with Crippen LogP contribution in [-0.2, 0) is 14.8 Å². The molecule has 0 saturated carbocycles. The molecule has 2 rings (SSSR count). The Hall–Kier alpha value is -1.18. The van der Waals surface area contributed by atoms with Crippen LogP contribution in [0.2, 0.25) is 5.02 Å². The SMILES string of the molecule is O=C(O)[C@H]1CCCN(S(=O)(=O)c2cccc(Cl)c2F)C1. The van der Waals surface area contributed by atoms with Crippen molar-refractivity contribution in [1.82, 2.24) is 4.31 Å². The van der Waals surface area contributed by atoms with Crippen molar-refractivity contribution in [2.45, 2.75) is 17.7 Å². The van der Waals surface area contributed by atoms with Gasteiger partial charge in [-0.05, 0) is 25.0 Å². The first-order chi connectivity index (χ1) is 9.34. The molecule has 0 radical (unpaired) electrons. The Bertz CT molecular complexity index is 634. The lowest BCUT2D eigenvalue weighted by Gasteiger charge is -2.29. The molecule has 1 N–H and O–H groups in total. The van der Waals surface area contributed by atoms with E-state index >= 15 is 0 Å². The van der Waals surface area contributed by atoms with Gasteiger partial charge in [-0.3, -0.25) is 4.79 Å². The predicted molar refractivity (Wildman–Crippen MR) is 70.5 cm³/mol. The Kier molecular flexibility index (Phi) is 4.31. The molecule has 0 aromatic heterocycles. The molecule has 1 aliphatic rings. The fraction of sp³-hybridized carbons (Fsp3) is 0.417. The molecule has 1 atom stereocenters. The van der Waals surface area contributed by atoms with E-state index in [4.69, 9.17) is 16.7 Å². The fourth-order valence-electron chi connectivity index (χ4n) is 2.18. The third-order valence-electron chi connectivity index (χ3n) is 3.27. The highest BCUT2D eigenvalue weighted by Crippen LogP contribution is 2.28. The van der Waals surface area contributed by atoms with Crippen molar-refractivity contribution in [3.63, 3.8) is 0 Å². The number of carbonyl (C=O) groups is 1. The van der Waals surface area contributed by atoms with E-state index in [0.717, 1.165) is 10.4 Å². The number of nitrogens with zero attached hydrogens (tertiary/aromatic N) is 1. The molecule has 0 amide bonds. The summed E-state index contributed by atoms with van der Waals surface area (Å²) in [6.45, 7) is 0.0295. The van der Waals surface area contributed by atoms with Gasteiger partial charge in [-0.25, -0.2) is 12.8 Å². The summed E-state index contributed by atoms with van der Waals surface area (Å²) in [6.07, 6.45) is 0.845. The average molecular weight is 322 g/mol. The quantitative estimate of drug-likeness (QED) is 0.923. The van der Waals surface area contributed by atoms with Crippen molar-refractivity contribution in [2.75, 3.05) is 13.1 Å². The second kappa shape index (κ2) is 5.67. The van der Waals surface area contributed by atoms with E-state index in [1.165, 1.54) is 12.1 Å². The lowest BCUT2D eigenvalue weighted by atomic mass is 10.0. The zero-order valence-corrected chi connectivity index (χ0v) is 12.0. The number of halogens is 2. The van der Waals surface area contributed by atoms with Gasteiger partial charge >= 0.3 is 5.97 Å². The van der Waals surface area contributed by atoms with Gasteiger partial charge in [0, 0.05) is 13.1 Å². The molecule has 1 aromatic rings. The molecule has 110 valence electrons. The average Bonchev–Trinajstić information content (AvgIpc) is 2.41. The smallest absolute Gasteiger partial charge is 0.307 e. The summed E-state index contributed by atoms with van der Waals surface area (Å²) >= 11 is 5.59. The Balaban J connectivity index is 2.35. The summed E-state index contributed by atoms with van der Waals surface area (Å²) in [6, 6.07) is 3.73. The zero-order chi connectivity index (χ0) is 14.9. The van der Waals surface area contributed by atoms with Crippen LogP contribution in [0, 0.1) is 11.7 Å². The van der Waals surface area contributed by atoms with Crippen molar-refractivity contribution in [2.24, 2.45) is 5.92 Å². The topological polar surface area (TPSA) is 74.7 Å². The number of carboxylic acids is 1. The van der Waals surface area contributed by atoms with E-state index < -0.39 is 32.6 Å². The maximum absolute atomic E-state index is 13.9. The van der Waals surface area contributed by atoms with Gasteiger partial charge in [0.1, 0.15) is 4.90 Å². The molecule has 8 heteroatoms. The molecular weight excluding hydrogens is 309 g/mol. The molecule has 20 heavy (non-hydrogen) atoms. The normalized spacial score (nSPS) is 20.8. The summed E-state index contributed by atoms with van der Waals surface area (Å²) in [4.78, 5) is 10.5. The number of hydrogen-bond acceptors (Lipinski definition) is 3. The van der Waals surface area contributed by atoms with Gasteiger partial charge in [-0.2, -0.15) is 4.31 Å². The third kappa shape index (κ3) is 2.79. The lowest BCUT2D eigenvalue weighted by Crippen LogP contribution is -2.42. The molecule has 5 nitrogen and oxygen atoms in total. The third-order valence-corrected chi connectivity index (χ3v) is 5.44. The van der Waals surface area contributed by atoms with Crippen molar-refractivity contribution in [3.05, 3.63) is 29.0 Å². The van der Waals surface area contributed by atoms with Crippen LogP contribution in [0.1, 0.15) is 12.8 Å². The van der Waals surface area contributed by atoms with Crippen LogP contribution in [0.4, 0.5) is 4.39 Å². The number of carboxylic acid groups (broad SMARTS) is 1. The second-order valence-corrected chi connectivity index (χ2v) is 6.91. The molecule has 0 unspecified atom stereocenters. The Morgan fingerprint density at radius 2 is 2.15 bits per heavy atom. The number of benzene rings is 1. The fourth-order valence-corrected chi connectivity index (χ4v) is 4.03. The molecule has 1 saturated heterocycles. The Labute approximate surface area is 121 Å². The summed E-state index contributed by atoms with van der Waals surface area (Å²) in [5.41, 5.74) is 0. The predicted octanol–water partition coefficient (Wildman–Crippen LogP) is 1.96. The van der Waals surface area contributed by atoms with E-state index in [0.29, 0.717) is 12.8 Å². The van der Waals surface area contributed by atoms with E-state index in [-0.39, 0.29) is 18.1 Å². The molecule has 1 fully saturated rings. The summed E-state index contributed by atoms with van der Waals surface area (Å²) in [5.74, 6) is -2.82. The number of piperidine rings is 1.